The molecule has 2 heterocycles. The van der Waals surface area contributed by atoms with Crippen LogP contribution in [0.1, 0.15) is 0 Å². The van der Waals surface area contributed by atoms with Gasteiger partial charge in [-0.3, -0.25) is 4.79 Å². The molecule has 7 nitrogen and oxygen atoms in total. The van der Waals surface area contributed by atoms with Crippen LogP contribution in [0.2, 0.25) is 5.15 Å². The smallest absolute Gasteiger partial charge is 0.247 e. The zero-order valence-corrected chi connectivity index (χ0v) is 12.1. The third-order valence-electron chi connectivity index (χ3n) is 3.29. The van der Waals surface area contributed by atoms with Gasteiger partial charge in [-0.25, -0.2) is 4.98 Å². The van der Waals surface area contributed by atoms with Crippen LogP contribution in [0.5, 0.6) is 0 Å². The third-order valence-corrected chi connectivity index (χ3v) is 3.50. The Bertz CT molecular complexity index is 759. The normalized spacial score (nSPS) is 16.5. The lowest BCUT2D eigenvalue weighted by Crippen LogP contribution is -2.47. The number of amides is 1. The van der Waals surface area contributed by atoms with Crippen molar-refractivity contribution in [2.75, 3.05) is 16.8 Å². The van der Waals surface area contributed by atoms with Crippen molar-refractivity contribution in [2.24, 2.45) is 5.11 Å². The largest absolute Gasteiger partial charge is 0.321 e. The summed E-state index contributed by atoms with van der Waals surface area (Å²) in [5.74, 6) is 0.268. The van der Waals surface area contributed by atoms with Crippen LogP contribution < -0.4 is 10.2 Å². The first-order valence-electron chi connectivity index (χ1n) is 6.53. The molecule has 0 radical (unpaired) electrons. The predicted molar refractivity (Wildman–Crippen MR) is 84.3 cm³/mol. The number of anilines is 3. The van der Waals surface area contributed by atoms with Gasteiger partial charge in [0.25, 0.3) is 0 Å². The van der Waals surface area contributed by atoms with E-state index in [1.54, 1.807) is 17.0 Å². The standard InChI is InChI=1S/C14H11ClN6O/c15-12-7-6-10-13(19-12)21(9-4-2-1-3-5-9)11(8-17-20-16)14(22)18-10/h1-7,11H,8H2,(H,18,22). The van der Waals surface area contributed by atoms with Gasteiger partial charge in [0.2, 0.25) is 5.91 Å². The van der Waals surface area contributed by atoms with E-state index in [-0.39, 0.29) is 12.5 Å². The van der Waals surface area contributed by atoms with Gasteiger partial charge in [0, 0.05) is 10.6 Å². The third kappa shape index (κ3) is 2.55. The van der Waals surface area contributed by atoms with Gasteiger partial charge in [0.1, 0.15) is 11.2 Å². The average molecular weight is 315 g/mol. The molecule has 1 atom stereocenters. The second-order valence-electron chi connectivity index (χ2n) is 4.63. The summed E-state index contributed by atoms with van der Waals surface area (Å²) in [4.78, 5) is 21.1. The SMILES string of the molecule is [N-]=[N+]=NCC1C(=O)Nc2ccc(Cl)nc2N1c1ccccc1. The molecule has 1 unspecified atom stereocenters. The molecule has 2 aromatic rings. The van der Waals surface area contributed by atoms with Gasteiger partial charge < -0.3 is 10.2 Å². The zero-order chi connectivity index (χ0) is 15.5. The summed E-state index contributed by atoms with van der Waals surface area (Å²) in [5, 5.41) is 6.61. The number of hydrogen-bond donors (Lipinski definition) is 1. The molecule has 1 aliphatic heterocycles. The van der Waals surface area contributed by atoms with E-state index in [0.29, 0.717) is 16.7 Å². The molecule has 110 valence electrons. The van der Waals surface area contributed by atoms with Crippen LogP contribution in [-0.2, 0) is 4.79 Å². The molecule has 1 aliphatic rings. The molecule has 1 aromatic heterocycles. The van der Waals surface area contributed by atoms with Crippen molar-refractivity contribution in [2.45, 2.75) is 6.04 Å². The fraction of sp³-hybridized carbons (Fsp3) is 0.143. The predicted octanol–water partition coefficient (Wildman–Crippen LogP) is 3.50. The Morgan fingerprint density at radius 3 is 2.82 bits per heavy atom. The van der Waals surface area contributed by atoms with Gasteiger partial charge in [0.15, 0.2) is 5.82 Å². The summed E-state index contributed by atoms with van der Waals surface area (Å²) in [7, 11) is 0. The molecule has 0 bridgehead atoms. The number of aromatic nitrogens is 1. The monoisotopic (exact) mass is 314 g/mol. The maximum atomic E-state index is 12.3. The molecule has 0 saturated heterocycles. The maximum Gasteiger partial charge on any atom is 0.247 e. The molecule has 1 N–H and O–H groups in total. The molecule has 8 heteroatoms. The number of fused-ring (bicyclic) bond motifs is 1. The van der Waals surface area contributed by atoms with E-state index in [9.17, 15) is 4.79 Å². The number of benzene rings is 1. The first-order chi connectivity index (χ1) is 10.7. The summed E-state index contributed by atoms with van der Waals surface area (Å²) in [6, 6.07) is 11.9. The van der Waals surface area contributed by atoms with Crippen molar-refractivity contribution in [1.82, 2.24) is 4.98 Å². The van der Waals surface area contributed by atoms with Crippen LogP contribution in [-0.4, -0.2) is 23.5 Å². The van der Waals surface area contributed by atoms with E-state index < -0.39 is 6.04 Å². The lowest BCUT2D eigenvalue weighted by atomic mass is 10.1. The van der Waals surface area contributed by atoms with E-state index in [4.69, 9.17) is 17.1 Å². The van der Waals surface area contributed by atoms with Gasteiger partial charge in [-0.1, -0.05) is 34.9 Å². The van der Waals surface area contributed by atoms with Crippen LogP contribution in [0.3, 0.4) is 0 Å². The molecule has 0 saturated carbocycles. The molecule has 0 spiro atoms. The molecular weight excluding hydrogens is 304 g/mol. The molecule has 0 aliphatic carbocycles. The van der Waals surface area contributed by atoms with E-state index in [1.165, 1.54) is 0 Å². The maximum absolute atomic E-state index is 12.3. The minimum absolute atomic E-state index is 0.00907. The van der Waals surface area contributed by atoms with Crippen molar-refractivity contribution < 1.29 is 4.79 Å². The number of carbonyl (C=O) groups is 1. The highest BCUT2D eigenvalue weighted by Crippen LogP contribution is 2.37. The number of rotatable bonds is 3. The number of nitrogens with zero attached hydrogens (tertiary/aromatic N) is 5. The summed E-state index contributed by atoms with van der Waals surface area (Å²) < 4.78 is 0. The second kappa shape index (κ2) is 5.93. The topological polar surface area (TPSA) is 94.0 Å². The second-order valence-corrected chi connectivity index (χ2v) is 5.02. The fourth-order valence-electron chi connectivity index (χ4n) is 2.36. The Kier molecular flexibility index (Phi) is 3.82. The number of carbonyl (C=O) groups excluding carboxylic acids is 1. The highest BCUT2D eigenvalue weighted by Gasteiger charge is 2.34. The number of hydrogen-bond acceptors (Lipinski definition) is 4. The summed E-state index contributed by atoms with van der Waals surface area (Å²) in [5.41, 5.74) is 9.89. The van der Waals surface area contributed by atoms with Gasteiger partial charge in [-0.2, -0.15) is 0 Å². The average Bonchev–Trinajstić information content (AvgIpc) is 2.54. The van der Waals surface area contributed by atoms with E-state index >= 15 is 0 Å². The van der Waals surface area contributed by atoms with Crippen molar-refractivity contribution in [1.29, 1.82) is 0 Å². The Morgan fingerprint density at radius 1 is 1.32 bits per heavy atom. The summed E-state index contributed by atoms with van der Waals surface area (Å²) in [6.45, 7) is -0.00907. The number of para-hydroxylation sites is 1. The minimum Gasteiger partial charge on any atom is -0.321 e. The molecule has 0 fully saturated rings. The molecular formula is C14H11ClN6O. The summed E-state index contributed by atoms with van der Waals surface area (Å²) >= 11 is 5.99. The number of nitrogens with one attached hydrogen (secondary N) is 1. The first kappa shape index (κ1) is 14.2. The van der Waals surface area contributed by atoms with Gasteiger partial charge in [-0.05, 0) is 29.8 Å². The van der Waals surface area contributed by atoms with Gasteiger partial charge in [-0.15, -0.1) is 0 Å². The van der Waals surface area contributed by atoms with Crippen LogP contribution in [0.4, 0.5) is 17.2 Å². The van der Waals surface area contributed by atoms with E-state index in [0.717, 1.165) is 5.69 Å². The Morgan fingerprint density at radius 2 is 2.09 bits per heavy atom. The molecule has 3 rings (SSSR count). The first-order valence-corrected chi connectivity index (χ1v) is 6.91. The lowest BCUT2D eigenvalue weighted by Gasteiger charge is -2.36. The highest BCUT2D eigenvalue weighted by molar-refractivity contribution is 6.29. The minimum atomic E-state index is -0.684. The van der Waals surface area contributed by atoms with Crippen molar-refractivity contribution >= 4 is 34.7 Å². The Balaban J connectivity index is 2.15. The molecule has 22 heavy (non-hydrogen) atoms. The molecule has 1 aromatic carbocycles. The molecule has 1 amide bonds. The number of azide groups is 1. The zero-order valence-electron chi connectivity index (χ0n) is 11.3. The quantitative estimate of drug-likeness (QED) is 0.406. The van der Waals surface area contributed by atoms with Gasteiger partial charge >= 0.3 is 0 Å². The van der Waals surface area contributed by atoms with Crippen LogP contribution in [0.25, 0.3) is 10.4 Å². The van der Waals surface area contributed by atoms with Crippen LogP contribution in [0, 0.1) is 0 Å². The van der Waals surface area contributed by atoms with E-state index in [1.807, 2.05) is 30.3 Å². The Labute approximate surface area is 131 Å². The van der Waals surface area contributed by atoms with Crippen molar-refractivity contribution in [3.63, 3.8) is 0 Å². The summed E-state index contributed by atoms with van der Waals surface area (Å²) in [6.07, 6.45) is 0. The van der Waals surface area contributed by atoms with Crippen LogP contribution in [0.15, 0.2) is 47.6 Å². The lowest BCUT2D eigenvalue weighted by molar-refractivity contribution is -0.117. The number of halogens is 1. The van der Waals surface area contributed by atoms with Crippen molar-refractivity contribution in [3.8, 4) is 0 Å². The highest BCUT2D eigenvalue weighted by atomic mass is 35.5. The number of pyridine rings is 1. The van der Waals surface area contributed by atoms with Crippen molar-refractivity contribution in [3.05, 3.63) is 58.1 Å². The Hall–Kier alpha value is -2.76. The van der Waals surface area contributed by atoms with Gasteiger partial charge in [0.05, 0.1) is 12.2 Å². The van der Waals surface area contributed by atoms with Crippen LogP contribution >= 0.6 is 11.6 Å². The van der Waals surface area contributed by atoms with E-state index in [2.05, 4.69) is 20.3 Å². The fourth-order valence-corrected chi connectivity index (χ4v) is 2.50.